The molecule has 1 aromatic carbocycles. The lowest BCUT2D eigenvalue weighted by atomic mass is 10.2. The van der Waals surface area contributed by atoms with E-state index < -0.39 is 0 Å². The first kappa shape index (κ1) is 14.4. The number of aliphatic hydroxyl groups is 1. The highest BCUT2D eigenvalue weighted by atomic mass is 79.9. The van der Waals surface area contributed by atoms with E-state index in [1.54, 1.807) is 6.33 Å². The minimum atomic E-state index is 0.0411. The van der Waals surface area contributed by atoms with Crippen LogP contribution >= 0.6 is 15.9 Å². The second-order valence-corrected chi connectivity index (χ2v) is 5.37. The molecule has 8 heteroatoms. The average Bonchev–Trinajstić information content (AvgIpc) is 2.92. The number of benzene rings is 1. The van der Waals surface area contributed by atoms with E-state index in [1.165, 1.54) is 12.4 Å². The van der Waals surface area contributed by atoms with E-state index in [4.69, 9.17) is 10.4 Å². The van der Waals surface area contributed by atoms with Crippen molar-refractivity contribution in [3.05, 3.63) is 40.9 Å². The molecule has 0 fully saturated rings. The summed E-state index contributed by atoms with van der Waals surface area (Å²) in [5, 5.41) is 20.9. The lowest BCUT2D eigenvalue weighted by Gasteiger charge is -2.07. The maximum absolute atomic E-state index is 9.10. The Morgan fingerprint density at radius 2 is 2.05 bits per heavy atom. The topological polar surface area (TPSA) is 99.7 Å². The van der Waals surface area contributed by atoms with E-state index in [0.717, 1.165) is 21.2 Å². The van der Waals surface area contributed by atoms with E-state index in [2.05, 4.69) is 36.2 Å². The summed E-state index contributed by atoms with van der Waals surface area (Å²) in [4.78, 5) is 12.5. The van der Waals surface area contributed by atoms with E-state index in [0.29, 0.717) is 18.1 Å². The van der Waals surface area contributed by atoms with Gasteiger partial charge in [0.1, 0.15) is 11.6 Å². The fourth-order valence-corrected chi connectivity index (χ4v) is 2.61. The van der Waals surface area contributed by atoms with Crippen molar-refractivity contribution >= 4 is 38.6 Å². The molecule has 2 aromatic heterocycles. The molecule has 22 heavy (non-hydrogen) atoms. The van der Waals surface area contributed by atoms with Crippen LogP contribution in [0.25, 0.3) is 11.0 Å². The van der Waals surface area contributed by atoms with Crippen molar-refractivity contribution in [1.29, 1.82) is 5.26 Å². The summed E-state index contributed by atoms with van der Waals surface area (Å²) in [6, 6.07) is 5.76. The van der Waals surface area contributed by atoms with Gasteiger partial charge in [0.2, 0.25) is 5.95 Å². The summed E-state index contributed by atoms with van der Waals surface area (Å²) < 4.78 is 2.70. The van der Waals surface area contributed by atoms with Crippen LogP contribution in [0.15, 0.2) is 35.3 Å². The van der Waals surface area contributed by atoms with Crippen molar-refractivity contribution in [1.82, 2.24) is 19.5 Å². The van der Waals surface area contributed by atoms with Crippen molar-refractivity contribution in [3.8, 4) is 6.07 Å². The number of aromatic nitrogens is 4. The molecule has 0 atom stereocenters. The monoisotopic (exact) mass is 358 g/mol. The number of aliphatic hydroxyl groups excluding tert-OH is 1. The number of nitriles is 1. The second-order valence-electron chi connectivity index (χ2n) is 4.52. The molecule has 0 unspecified atom stereocenters. The fourth-order valence-electron chi connectivity index (χ4n) is 2.06. The number of nitrogens with zero attached hydrogens (tertiary/aromatic N) is 5. The average molecular weight is 359 g/mol. The lowest BCUT2D eigenvalue weighted by molar-refractivity contribution is 0.278. The highest BCUT2D eigenvalue weighted by molar-refractivity contribution is 9.10. The first-order valence-electron chi connectivity index (χ1n) is 6.45. The van der Waals surface area contributed by atoms with E-state index in [1.807, 2.05) is 22.8 Å². The first-order valence-corrected chi connectivity index (χ1v) is 7.25. The maximum Gasteiger partial charge on any atom is 0.227 e. The van der Waals surface area contributed by atoms with Crippen LogP contribution in [0.4, 0.5) is 11.6 Å². The lowest BCUT2D eigenvalue weighted by Crippen LogP contribution is -2.01. The number of rotatable bonds is 4. The number of nitrogens with one attached hydrogen (secondary N) is 1. The van der Waals surface area contributed by atoms with Crippen molar-refractivity contribution < 1.29 is 5.11 Å². The summed E-state index contributed by atoms with van der Waals surface area (Å²) in [6.45, 7) is 0.513. The normalized spacial score (nSPS) is 10.6. The van der Waals surface area contributed by atoms with Crippen molar-refractivity contribution in [3.63, 3.8) is 0 Å². The Balaban J connectivity index is 1.96. The minimum absolute atomic E-state index is 0.0411. The Kier molecular flexibility index (Phi) is 4.00. The Hall–Kier alpha value is -2.50. The molecule has 0 aliphatic heterocycles. The van der Waals surface area contributed by atoms with Crippen LogP contribution in [0.2, 0.25) is 0 Å². The van der Waals surface area contributed by atoms with Gasteiger partial charge in [-0.05, 0) is 28.1 Å². The van der Waals surface area contributed by atoms with E-state index in [9.17, 15) is 0 Å². The summed E-state index contributed by atoms with van der Waals surface area (Å²) in [5.41, 5.74) is 2.89. The highest BCUT2D eigenvalue weighted by Gasteiger charge is 2.09. The third kappa shape index (κ3) is 2.77. The van der Waals surface area contributed by atoms with Crippen molar-refractivity contribution in [2.75, 3.05) is 11.9 Å². The molecule has 0 aliphatic rings. The van der Waals surface area contributed by atoms with E-state index in [-0.39, 0.29) is 6.61 Å². The molecular weight excluding hydrogens is 348 g/mol. The molecular formula is C14H11BrN6O. The fraction of sp³-hybridized carbons (Fsp3) is 0.143. The molecule has 3 rings (SSSR count). The molecule has 0 saturated heterocycles. The Morgan fingerprint density at radius 3 is 2.73 bits per heavy atom. The minimum Gasteiger partial charge on any atom is -0.395 e. The van der Waals surface area contributed by atoms with Gasteiger partial charge in [-0.1, -0.05) is 0 Å². The number of halogens is 1. The summed E-state index contributed by atoms with van der Waals surface area (Å²) in [5.74, 6) is 0.401. The number of imidazole rings is 1. The highest BCUT2D eigenvalue weighted by Crippen LogP contribution is 2.28. The quantitative estimate of drug-likeness (QED) is 0.741. The number of hydrogen-bond acceptors (Lipinski definition) is 6. The van der Waals surface area contributed by atoms with Gasteiger partial charge in [-0.3, -0.25) is 0 Å². The standard InChI is InChI=1S/C14H11BrN6O/c15-11-3-10(20-14-17-6-9(5-16)7-18-14)4-12-13(11)19-8-21(12)1-2-22/h3-4,6-8,22H,1-2H2,(H,17,18,20). The maximum atomic E-state index is 9.10. The van der Waals surface area contributed by atoms with Gasteiger partial charge in [-0.15, -0.1) is 0 Å². The molecule has 0 aliphatic carbocycles. The molecule has 0 amide bonds. The molecule has 7 nitrogen and oxygen atoms in total. The van der Waals surface area contributed by atoms with Crippen LogP contribution in [0.3, 0.4) is 0 Å². The largest absolute Gasteiger partial charge is 0.395 e. The van der Waals surface area contributed by atoms with Gasteiger partial charge < -0.3 is 15.0 Å². The zero-order valence-electron chi connectivity index (χ0n) is 11.4. The van der Waals surface area contributed by atoms with E-state index >= 15 is 0 Å². The molecule has 0 radical (unpaired) electrons. The van der Waals surface area contributed by atoms with Gasteiger partial charge in [0.25, 0.3) is 0 Å². The SMILES string of the molecule is N#Cc1cnc(Nc2cc(Br)c3ncn(CCO)c3c2)nc1. The zero-order chi connectivity index (χ0) is 15.5. The van der Waals surface area contributed by atoms with Crippen molar-refractivity contribution in [2.24, 2.45) is 0 Å². The number of anilines is 2. The van der Waals surface area contributed by atoms with Gasteiger partial charge in [-0.2, -0.15) is 5.26 Å². The van der Waals surface area contributed by atoms with Crippen molar-refractivity contribution in [2.45, 2.75) is 6.54 Å². The van der Waals surface area contributed by atoms with Gasteiger partial charge in [0, 0.05) is 16.7 Å². The Labute approximate surface area is 134 Å². The van der Waals surface area contributed by atoms with Crippen LogP contribution < -0.4 is 5.32 Å². The molecule has 110 valence electrons. The summed E-state index contributed by atoms with van der Waals surface area (Å²) in [6.07, 6.45) is 4.60. The third-order valence-electron chi connectivity index (χ3n) is 3.06. The van der Waals surface area contributed by atoms with Gasteiger partial charge in [-0.25, -0.2) is 15.0 Å². The van der Waals surface area contributed by atoms with Crippen LogP contribution in [-0.4, -0.2) is 31.2 Å². The Bertz CT molecular complexity index is 852. The molecule has 0 spiro atoms. The number of fused-ring (bicyclic) bond motifs is 1. The van der Waals surface area contributed by atoms with Crippen LogP contribution in [0, 0.1) is 11.3 Å². The molecule has 0 saturated carbocycles. The third-order valence-corrected chi connectivity index (χ3v) is 3.66. The zero-order valence-corrected chi connectivity index (χ0v) is 12.9. The predicted octanol–water partition coefficient (Wildman–Crippen LogP) is 2.20. The molecule has 2 N–H and O–H groups in total. The number of hydrogen-bond donors (Lipinski definition) is 2. The van der Waals surface area contributed by atoms with Crippen LogP contribution in [0.1, 0.15) is 5.56 Å². The van der Waals surface area contributed by atoms with Gasteiger partial charge in [0.15, 0.2) is 0 Å². The van der Waals surface area contributed by atoms with Gasteiger partial charge in [0.05, 0.1) is 36.4 Å². The smallest absolute Gasteiger partial charge is 0.227 e. The molecule has 2 heterocycles. The van der Waals surface area contributed by atoms with Crippen LogP contribution in [-0.2, 0) is 6.54 Å². The Morgan fingerprint density at radius 1 is 1.27 bits per heavy atom. The molecule has 0 bridgehead atoms. The van der Waals surface area contributed by atoms with Gasteiger partial charge >= 0.3 is 0 Å². The first-order chi connectivity index (χ1) is 10.7. The van der Waals surface area contributed by atoms with Crippen LogP contribution in [0.5, 0.6) is 0 Å². The predicted molar refractivity (Wildman–Crippen MR) is 84.5 cm³/mol. The summed E-state index contributed by atoms with van der Waals surface area (Å²) in [7, 11) is 0. The molecule has 3 aromatic rings. The summed E-state index contributed by atoms with van der Waals surface area (Å²) >= 11 is 3.49. The second kappa shape index (κ2) is 6.09.